The molecule has 5 rings (SSSR count). The van der Waals surface area contributed by atoms with Crippen molar-refractivity contribution in [2.45, 2.75) is 24.5 Å². The van der Waals surface area contributed by atoms with Gasteiger partial charge in [0.25, 0.3) is 5.56 Å². The van der Waals surface area contributed by atoms with Gasteiger partial charge in [-0.25, -0.2) is 9.59 Å². The van der Waals surface area contributed by atoms with Crippen molar-refractivity contribution in [1.29, 1.82) is 0 Å². The molecule has 2 aromatic carbocycles. The van der Waals surface area contributed by atoms with Crippen LogP contribution >= 0.6 is 0 Å². The van der Waals surface area contributed by atoms with E-state index in [4.69, 9.17) is 18.9 Å². The maximum absolute atomic E-state index is 12.7. The zero-order valence-corrected chi connectivity index (χ0v) is 16.7. The average Bonchev–Trinajstić information content (AvgIpc) is 3.34. The van der Waals surface area contributed by atoms with Crippen LogP contribution in [-0.4, -0.2) is 46.4 Å². The minimum atomic E-state index is -0.895. The SMILES string of the molecule is O=C(OC[C@@H]1O[C@@H]2[C@H](Oc3nc(=O)ccn32)[C@H]1OC(=O)c1ccccc1)c1ccccc1. The lowest BCUT2D eigenvalue weighted by Gasteiger charge is -2.22. The fourth-order valence-corrected chi connectivity index (χ4v) is 3.71. The van der Waals surface area contributed by atoms with Gasteiger partial charge < -0.3 is 18.9 Å². The molecular formula is C23H18N2O7. The van der Waals surface area contributed by atoms with Crippen molar-refractivity contribution in [2.75, 3.05) is 6.61 Å². The number of hydrogen-bond donors (Lipinski definition) is 0. The minimum Gasteiger partial charge on any atom is -0.459 e. The molecule has 0 bridgehead atoms. The van der Waals surface area contributed by atoms with E-state index in [0.717, 1.165) is 0 Å². The van der Waals surface area contributed by atoms with E-state index in [-0.39, 0.29) is 12.6 Å². The Balaban J connectivity index is 1.37. The van der Waals surface area contributed by atoms with E-state index in [9.17, 15) is 14.4 Å². The van der Waals surface area contributed by atoms with E-state index in [1.54, 1.807) is 65.2 Å². The molecule has 0 amide bonds. The van der Waals surface area contributed by atoms with E-state index in [1.165, 1.54) is 12.3 Å². The smallest absolute Gasteiger partial charge is 0.338 e. The minimum absolute atomic E-state index is 0.0768. The van der Waals surface area contributed by atoms with Crippen molar-refractivity contribution in [2.24, 2.45) is 0 Å². The first-order chi connectivity index (χ1) is 15.6. The van der Waals surface area contributed by atoms with E-state index in [1.807, 2.05) is 0 Å². The van der Waals surface area contributed by atoms with E-state index in [2.05, 4.69) is 4.98 Å². The standard InChI is InChI=1S/C23H18N2O7/c26-17-11-12-25-20-19(32-23(25)24-17)18(31-22(28)15-9-5-2-6-10-15)16(30-20)13-29-21(27)14-7-3-1-4-8-14/h1-12,16,18-20H,13H2/t16-,18-,19+,20+/m0/s1. The predicted molar refractivity (Wildman–Crippen MR) is 109 cm³/mol. The van der Waals surface area contributed by atoms with E-state index in [0.29, 0.717) is 11.1 Å². The summed E-state index contributed by atoms with van der Waals surface area (Å²) in [5, 5.41) is 0. The molecule has 1 fully saturated rings. The molecule has 9 heteroatoms. The summed E-state index contributed by atoms with van der Waals surface area (Å²) in [6, 6.07) is 18.4. The lowest BCUT2D eigenvalue weighted by molar-refractivity contribution is -0.0574. The summed E-state index contributed by atoms with van der Waals surface area (Å²) in [5.41, 5.74) is 0.299. The number of aromatic nitrogens is 2. The van der Waals surface area contributed by atoms with E-state index < -0.39 is 42.0 Å². The molecule has 9 nitrogen and oxygen atoms in total. The molecule has 0 spiro atoms. The van der Waals surface area contributed by atoms with Crippen LogP contribution in [0.4, 0.5) is 0 Å². The van der Waals surface area contributed by atoms with Gasteiger partial charge in [-0.1, -0.05) is 36.4 Å². The second-order valence-corrected chi connectivity index (χ2v) is 7.30. The largest absolute Gasteiger partial charge is 0.459 e. The molecule has 0 N–H and O–H groups in total. The van der Waals surface area contributed by atoms with Gasteiger partial charge in [0.15, 0.2) is 18.4 Å². The molecule has 2 aliphatic heterocycles. The number of carbonyl (C=O) groups excluding carboxylic acids is 2. The van der Waals surface area contributed by atoms with E-state index >= 15 is 0 Å². The third-order valence-corrected chi connectivity index (χ3v) is 5.25. The van der Waals surface area contributed by atoms with Crippen molar-refractivity contribution in [3.63, 3.8) is 0 Å². The highest BCUT2D eigenvalue weighted by Crippen LogP contribution is 2.40. The Hall–Kier alpha value is -3.98. The van der Waals surface area contributed by atoms with Crippen LogP contribution in [0.25, 0.3) is 0 Å². The number of esters is 2. The van der Waals surface area contributed by atoms with Crippen molar-refractivity contribution < 1.29 is 28.5 Å². The van der Waals surface area contributed by atoms with Gasteiger partial charge in [0, 0.05) is 12.3 Å². The zero-order chi connectivity index (χ0) is 22.1. The quantitative estimate of drug-likeness (QED) is 0.562. The van der Waals surface area contributed by atoms with Gasteiger partial charge >= 0.3 is 17.9 Å². The lowest BCUT2D eigenvalue weighted by Crippen LogP contribution is -2.40. The van der Waals surface area contributed by atoms with Crippen LogP contribution in [0.2, 0.25) is 0 Å². The van der Waals surface area contributed by atoms with Gasteiger partial charge in [-0.2, -0.15) is 4.98 Å². The molecule has 32 heavy (non-hydrogen) atoms. The molecule has 0 radical (unpaired) electrons. The predicted octanol–water partition coefficient (Wildman–Crippen LogP) is 1.98. The molecule has 3 heterocycles. The Bertz CT molecular complexity index is 1200. The Labute approximate surface area is 182 Å². The maximum Gasteiger partial charge on any atom is 0.338 e. The maximum atomic E-state index is 12.7. The lowest BCUT2D eigenvalue weighted by atomic mass is 10.1. The first-order valence-corrected chi connectivity index (χ1v) is 10.00. The second-order valence-electron chi connectivity index (χ2n) is 7.30. The Morgan fingerprint density at radius 3 is 2.28 bits per heavy atom. The summed E-state index contributed by atoms with van der Waals surface area (Å²) >= 11 is 0. The molecular weight excluding hydrogens is 416 g/mol. The van der Waals surface area contributed by atoms with Crippen LogP contribution in [0.1, 0.15) is 26.9 Å². The Morgan fingerprint density at radius 1 is 0.938 bits per heavy atom. The number of fused-ring (bicyclic) bond motifs is 3. The normalized spacial score (nSPS) is 23.0. The summed E-state index contributed by atoms with van der Waals surface area (Å²) in [5.74, 6) is -1.09. The number of hydrogen-bond acceptors (Lipinski definition) is 8. The van der Waals surface area contributed by atoms with Crippen molar-refractivity contribution in [1.82, 2.24) is 9.55 Å². The topological polar surface area (TPSA) is 106 Å². The monoisotopic (exact) mass is 434 g/mol. The summed E-state index contributed by atoms with van der Waals surface area (Å²) < 4.78 is 24.5. The molecule has 0 saturated carbocycles. The van der Waals surface area contributed by atoms with Crippen molar-refractivity contribution in [3.8, 4) is 6.01 Å². The first kappa shape index (κ1) is 20.0. The van der Waals surface area contributed by atoms with Crippen LogP contribution in [0.15, 0.2) is 77.7 Å². The highest BCUT2D eigenvalue weighted by atomic mass is 16.7. The molecule has 1 saturated heterocycles. The van der Waals surface area contributed by atoms with Gasteiger partial charge in [-0.3, -0.25) is 9.36 Å². The number of ether oxygens (including phenoxy) is 4. The van der Waals surface area contributed by atoms with Crippen molar-refractivity contribution >= 4 is 11.9 Å². The van der Waals surface area contributed by atoms with Gasteiger partial charge in [-0.15, -0.1) is 0 Å². The third kappa shape index (κ3) is 3.74. The summed E-state index contributed by atoms with van der Waals surface area (Å²) in [4.78, 5) is 40.5. The highest BCUT2D eigenvalue weighted by molar-refractivity contribution is 5.90. The fraction of sp³-hybridized carbons (Fsp3) is 0.217. The molecule has 2 aliphatic rings. The van der Waals surface area contributed by atoms with Gasteiger partial charge in [0.1, 0.15) is 12.7 Å². The number of carbonyl (C=O) groups is 2. The van der Waals surface area contributed by atoms with Crippen molar-refractivity contribution in [3.05, 3.63) is 94.4 Å². The van der Waals surface area contributed by atoms with Crippen LogP contribution in [0.5, 0.6) is 6.01 Å². The molecule has 0 aliphatic carbocycles. The van der Waals surface area contributed by atoms with Gasteiger partial charge in [0.05, 0.1) is 11.1 Å². The number of benzene rings is 2. The fourth-order valence-electron chi connectivity index (χ4n) is 3.71. The average molecular weight is 434 g/mol. The summed E-state index contributed by atoms with van der Waals surface area (Å²) in [7, 11) is 0. The van der Waals surface area contributed by atoms with Crippen LogP contribution in [0.3, 0.4) is 0 Å². The highest BCUT2D eigenvalue weighted by Gasteiger charge is 2.54. The molecule has 3 aromatic rings. The summed E-state index contributed by atoms with van der Waals surface area (Å²) in [6.45, 7) is -0.153. The second kappa shape index (κ2) is 8.27. The number of rotatable bonds is 5. The van der Waals surface area contributed by atoms with Gasteiger partial charge in [-0.05, 0) is 24.3 Å². The van der Waals surface area contributed by atoms with Crippen LogP contribution in [0, 0.1) is 0 Å². The first-order valence-electron chi connectivity index (χ1n) is 10.00. The Morgan fingerprint density at radius 2 is 1.59 bits per heavy atom. The summed E-state index contributed by atoms with van der Waals surface area (Å²) in [6.07, 6.45) is -1.61. The Kier molecular flexibility index (Phi) is 5.16. The zero-order valence-electron chi connectivity index (χ0n) is 16.7. The molecule has 162 valence electrons. The molecule has 0 unspecified atom stereocenters. The molecule has 1 aromatic heterocycles. The third-order valence-electron chi connectivity index (χ3n) is 5.25. The molecule has 4 atom stereocenters. The van der Waals surface area contributed by atoms with Gasteiger partial charge in [0.2, 0.25) is 0 Å². The van der Waals surface area contributed by atoms with Crippen LogP contribution < -0.4 is 10.3 Å². The number of nitrogens with zero attached hydrogens (tertiary/aromatic N) is 2. The van der Waals surface area contributed by atoms with Crippen LogP contribution in [-0.2, 0) is 14.2 Å².